The zero-order valence-electron chi connectivity index (χ0n) is 11.3. The molecule has 0 fully saturated rings. The van der Waals surface area contributed by atoms with Gasteiger partial charge in [-0.25, -0.2) is 0 Å². The standard InChI is InChI=1S/C11H20F3N3O2/c1-10(2,15)5-4-9(19)17(3)6-8(18)16-7-11(12,13)14/h4-7,15H2,1-3H3,(H,16,18). The number of carbonyl (C=O) groups is 2. The lowest BCUT2D eigenvalue weighted by Crippen LogP contribution is -2.42. The summed E-state index contributed by atoms with van der Waals surface area (Å²) in [5.41, 5.74) is 5.20. The molecule has 8 heteroatoms. The molecule has 0 heterocycles. The molecule has 3 N–H and O–H groups in total. The number of amides is 2. The second-order valence-electron chi connectivity index (χ2n) is 5.13. The van der Waals surface area contributed by atoms with E-state index in [0.29, 0.717) is 6.42 Å². The lowest BCUT2D eigenvalue weighted by molar-refractivity contribution is -0.141. The molecule has 0 aliphatic rings. The number of alkyl halides is 3. The zero-order valence-corrected chi connectivity index (χ0v) is 11.3. The Labute approximate surface area is 110 Å². The Hall–Kier alpha value is -1.31. The van der Waals surface area contributed by atoms with E-state index in [-0.39, 0.29) is 12.3 Å². The lowest BCUT2D eigenvalue weighted by Gasteiger charge is -2.21. The van der Waals surface area contributed by atoms with Gasteiger partial charge in [0.2, 0.25) is 11.8 Å². The van der Waals surface area contributed by atoms with Crippen LogP contribution in [0.15, 0.2) is 0 Å². The molecular formula is C11H20F3N3O2. The molecular weight excluding hydrogens is 263 g/mol. The monoisotopic (exact) mass is 283 g/mol. The molecule has 0 saturated carbocycles. The van der Waals surface area contributed by atoms with Gasteiger partial charge >= 0.3 is 6.18 Å². The van der Waals surface area contributed by atoms with Crippen LogP contribution in [0, 0.1) is 0 Å². The first-order valence-corrected chi connectivity index (χ1v) is 5.77. The number of rotatable bonds is 6. The van der Waals surface area contributed by atoms with Crippen molar-refractivity contribution in [3.05, 3.63) is 0 Å². The van der Waals surface area contributed by atoms with Gasteiger partial charge in [0.25, 0.3) is 0 Å². The van der Waals surface area contributed by atoms with Crippen molar-refractivity contribution in [2.45, 2.75) is 38.4 Å². The number of nitrogens with one attached hydrogen (secondary N) is 1. The highest BCUT2D eigenvalue weighted by Crippen LogP contribution is 2.12. The van der Waals surface area contributed by atoms with Crippen LogP contribution in [0.3, 0.4) is 0 Å². The summed E-state index contributed by atoms with van der Waals surface area (Å²) in [5, 5.41) is 1.70. The molecule has 0 aliphatic carbocycles. The molecule has 112 valence electrons. The third-order valence-corrected chi connectivity index (χ3v) is 2.28. The Bertz CT molecular complexity index is 324. The molecule has 5 nitrogen and oxygen atoms in total. The maximum atomic E-state index is 11.9. The van der Waals surface area contributed by atoms with Gasteiger partial charge in [-0.15, -0.1) is 0 Å². The second-order valence-corrected chi connectivity index (χ2v) is 5.13. The van der Waals surface area contributed by atoms with E-state index in [1.807, 2.05) is 0 Å². The molecule has 0 aromatic carbocycles. The summed E-state index contributed by atoms with van der Waals surface area (Å²) in [6.45, 7) is 1.72. The van der Waals surface area contributed by atoms with Crippen LogP contribution in [-0.2, 0) is 9.59 Å². The molecule has 0 atom stereocenters. The van der Waals surface area contributed by atoms with Gasteiger partial charge in [0.1, 0.15) is 6.54 Å². The summed E-state index contributed by atoms with van der Waals surface area (Å²) in [5.74, 6) is -1.18. The first kappa shape index (κ1) is 17.7. The smallest absolute Gasteiger partial charge is 0.345 e. The van der Waals surface area contributed by atoms with Gasteiger partial charge in [0.15, 0.2) is 0 Å². The quantitative estimate of drug-likeness (QED) is 0.751. The third kappa shape index (κ3) is 10.3. The van der Waals surface area contributed by atoms with E-state index in [1.54, 1.807) is 19.2 Å². The van der Waals surface area contributed by atoms with Gasteiger partial charge in [0.05, 0.1) is 6.54 Å². The number of hydrogen-bond acceptors (Lipinski definition) is 3. The van der Waals surface area contributed by atoms with Crippen LogP contribution in [0.25, 0.3) is 0 Å². The van der Waals surface area contributed by atoms with Gasteiger partial charge in [0, 0.05) is 19.0 Å². The van der Waals surface area contributed by atoms with Crippen LogP contribution in [0.4, 0.5) is 13.2 Å². The number of likely N-dealkylation sites (N-methyl/N-ethyl adjacent to an activating group) is 1. The number of carbonyl (C=O) groups excluding carboxylic acids is 2. The molecule has 19 heavy (non-hydrogen) atoms. The van der Waals surface area contributed by atoms with Crippen molar-refractivity contribution in [3.63, 3.8) is 0 Å². The summed E-state index contributed by atoms with van der Waals surface area (Å²) in [6.07, 6.45) is -3.88. The fourth-order valence-corrected chi connectivity index (χ4v) is 1.18. The van der Waals surface area contributed by atoms with E-state index in [2.05, 4.69) is 0 Å². The van der Waals surface area contributed by atoms with Crippen LogP contribution in [0.2, 0.25) is 0 Å². The Morgan fingerprint density at radius 3 is 2.21 bits per heavy atom. The topological polar surface area (TPSA) is 75.4 Å². The van der Waals surface area contributed by atoms with Gasteiger partial charge in [-0.3, -0.25) is 9.59 Å². The number of nitrogens with zero attached hydrogens (tertiary/aromatic N) is 1. The van der Waals surface area contributed by atoms with Gasteiger partial charge in [-0.2, -0.15) is 13.2 Å². The first-order valence-electron chi connectivity index (χ1n) is 5.77. The Kier molecular flexibility index (Phi) is 6.28. The highest BCUT2D eigenvalue weighted by molar-refractivity contribution is 5.84. The van der Waals surface area contributed by atoms with Crippen molar-refractivity contribution in [2.75, 3.05) is 20.1 Å². The predicted molar refractivity (Wildman–Crippen MR) is 64.2 cm³/mol. The van der Waals surface area contributed by atoms with Crippen molar-refractivity contribution < 1.29 is 22.8 Å². The minimum absolute atomic E-state index is 0.145. The molecule has 0 aromatic heterocycles. The van der Waals surface area contributed by atoms with Crippen molar-refractivity contribution in [3.8, 4) is 0 Å². The molecule has 0 aliphatic heterocycles. The first-order chi connectivity index (χ1) is 8.41. The molecule has 2 amide bonds. The largest absolute Gasteiger partial charge is 0.405 e. The normalized spacial score (nSPS) is 12.2. The fourth-order valence-electron chi connectivity index (χ4n) is 1.18. The van der Waals surface area contributed by atoms with Crippen molar-refractivity contribution in [1.29, 1.82) is 0 Å². The van der Waals surface area contributed by atoms with E-state index in [9.17, 15) is 22.8 Å². The highest BCUT2D eigenvalue weighted by Gasteiger charge is 2.28. The Morgan fingerprint density at radius 1 is 1.26 bits per heavy atom. The third-order valence-electron chi connectivity index (χ3n) is 2.28. The van der Waals surface area contributed by atoms with E-state index >= 15 is 0 Å². The van der Waals surface area contributed by atoms with Crippen LogP contribution in [0.5, 0.6) is 0 Å². The second kappa shape index (κ2) is 6.74. The maximum absolute atomic E-state index is 11.9. The molecule has 0 unspecified atom stereocenters. The summed E-state index contributed by atoms with van der Waals surface area (Å²) >= 11 is 0. The average molecular weight is 283 g/mol. The maximum Gasteiger partial charge on any atom is 0.405 e. The SMILES string of the molecule is CN(CC(=O)NCC(F)(F)F)C(=O)CCC(C)(C)N. The summed E-state index contributed by atoms with van der Waals surface area (Å²) in [4.78, 5) is 23.9. The molecule has 0 saturated heterocycles. The molecule has 0 bridgehead atoms. The minimum atomic E-state index is -4.46. The minimum Gasteiger partial charge on any atom is -0.345 e. The zero-order chi connectivity index (χ0) is 15.3. The Balaban J connectivity index is 4.05. The molecule has 0 rings (SSSR count). The highest BCUT2D eigenvalue weighted by atomic mass is 19.4. The van der Waals surface area contributed by atoms with E-state index < -0.39 is 30.7 Å². The van der Waals surface area contributed by atoms with Crippen LogP contribution in [0.1, 0.15) is 26.7 Å². The van der Waals surface area contributed by atoms with Gasteiger partial charge < -0.3 is 16.0 Å². The fraction of sp³-hybridized carbons (Fsp3) is 0.818. The Morgan fingerprint density at radius 2 is 1.79 bits per heavy atom. The number of nitrogens with two attached hydrogens (primary N) is 1. The van der Waals surface area contributed by atoms with E-state index in [1.165, 1.54) is 7.05 Å². The number of hydrogen-bond donors (Lipinski definition) is 2. The summed E-state index contributed by atoms with van der Waals surface area (Å²) in [7, 11) is 1.36. The molecule has 0 aromatic rings. The summed E-state index contributed by atoms with van der Waals surface area (Å²) < 4.78 is 35.6. The van der Waals surface area contributed by atoms with E-state index in [0.717, 1.165) is 4.90 Å². The van der Waals surface area contributed by atoms with Crippen molar-refractivity contribution in [1.82, 2.24) is 10.2 Å². The van der Waals surface area contributed by atoms with Crippen LogP contribution >= 0.6 is 0 Å². The molecule has 0 radical (unpaired) electrons. The van der Waals surface area contributed by atoms with Crippen molar-refractivity contribution in [2.24, 2.45) is 5.73 Å². The predicted octanol–water partition coefficient (Wildman–Crippen LogP) is 0.641. The van der Waals surface area contributed by atoms with E-state index in [4.69, 9.17) is 5.73 Å². The summed E-state index contributed by atoms with van der Waals surface area (Å²) in [6, 6.07) is 0. The van der Waals surface area contributed by atoms with Crippen LogP contribution < -0.4 is 11.1 Å². The lowest BCUT2D eigenvalue weighted by atomic mass is 10.00. The average Bonchev–Trinajstić information content (AvgIpc) is 2.21. The van der Waals surface area contributed by atoms with Crippen LogP contribution in [-0.4, -0.2) is 48.6 Å². The van der Waals surface area contributed by atoms with Gasteiger partial charge in [-0.1, -0.05) is 0 Å². The molecule has 0 spiro atoms. The number of halogens is 3. The van der Waals surface area contributed by atoms with Gasteiger partial charge in [-0.05, 0) is 20.3 Å². The van der Waals surface area contributed by atoms with Crippen molar-refractivity contribution >= 4 is 11.8 Å².